The Morgan fingerprint density at radius 2 is 2.05 bits per heavy atom. The van der Waals surface area contributed by atoms with E-state index >= 15 is 0 Å². The average Bonchev–Trinajstić information content (AvgIpc) is 2.89. The Bertz CT molecular complexity index is 409. The van der Waals surface area contributed by atoms with Gasteiger partial charge < -0.3 is 15.0 Å². The van der Waals surface area contributed by atoms with E-state index in [2.05, 4.69) is 31.0 Å². The summed E-state index contributed by atoms with van der Waals surface area (Å²) in [7, 11) is 1.73. The van der Waals surface area contributed by atoms with Gasteiger partial charge in [-0.25, -0.2) is 0 Å². The van der Waals surface area contributed by atoms with E-state index in [-0.39, 0.29) is 12.1 Å². The minimum atomic E-state index is -0.0361. The van der Waals surface area contributed by atoms with Crippen molar-refractivity contribution in [2.75, 3.05) is 20.2 Å². The van der Waals surface area contributed by atoms with Gasteiger partial charge in [-0.15, -0.1) is 0 Å². The van der Waals surface area contributed by atoms with Crippen LogP contribution in [0.1, 0.15) is 46.5 Å². The molecule has 3 rings (SSSR count). The number of nitrogens with one attached hydrogen (secondary N) is 1. The van der Waals surface area contributed by atoms with Crippen molar-refractivity contribution in [1.82, 2.24) is 10.2 Å². The third-order valence-electron chi connectivity index (χ3n) is 5.42. The molecule has 1 amide bonds. The van der Waals surface area contributed by atoms with Gasteiger partial charge in [-0.2, -0.15) is 0 Å². The normalized spacial score (nSPS) is 43.0. The molecule has 2 heterocycles. The zero-order chi connectivity index (χ0) is 14.5. The Labute approximate surface area is 122 Å². The molecule has 0 aromatic carbocycles. The predicted molar refractivity (Wildman–Crippen MR) is 78.4 cm³/mol. The number of amides is 1. The van der Waals surface area contributed by atoms with Crippen LogP contribution in [0.5, 0.6) is 0 Å². The van der Waals surface area contributed by atoms with Gasteiger partial charge in [0.1, 0.15) is 0 Å². The van der Waals surface area contributed by atoms with Gasteiger partial charge in [0.05, 0.1) is 12.1 Å². The van der Waals surface area contributed by atoms with Crippen LogP contribution in [0.2, 0.25) is 0 Å². The SMILES string of the molecule is COC1CNC(C(=O)N2CC3(C)CC2CC(C)(C)C3)C1. The number of nitrogens with zero attached hydrogens (tertiary/aromatic N) is 1. The van der Waals surface area contributed by atoms with E-state index in [0.717, 1.165) is 25.9 Å². The maximum Gasteiger partial charge on any atom is 0.240 e. The summed E-state index contributed by atoms with van der Waals surface area (Å²) in [6, 6.07) is 0.408. The van der Waals surface area contributed by atoms with Gasteiger partial charge in [-0.1, -0.05) is 20.8 Å². The number of rotatable bonds is 2. The third kappa shape index (κ3) is 2.48. The Kier molecular flexibility index (Phi) is 3.37. The van der Waals surface area contributed by atoms with E-state index in [4.69, 9.17) is 4.74 Å². The fraction of sp³-hybridized carbons (Fsp3) is 0.938. The molecule has 4 atom stereocenters. The van der Waals surface area contributed by atoms with Crippen LogP contribution in [0.3, 0.4) is 0 Å². The van der Waals surface area contributed by atoms with Crippen LogP contribution in [-0.4, -0.2) is 49.2 Å². The zero-order valence-electron chi connectivity index (χ0n) is 13.2. The second kappa shape index (κ2) is 4.70. The van der Waals surface area contributed by atoms with Gasteiger partial charge in [0.2, 0.25) is 5.91 Å². The van der Waals surface area contributed by atoms with Crippen molar-refractivity contribution in [3.63, 3.8) is 0 Å². The summed E-state index contributed by atoms with van der Waals surface area (Å²) in [4.78, 5) is 15.0. The highest BCUT2D eigenvalue weighted by Gasteiger charge is 2.52. The van der Waals surface area contributed by atoms with Crippen LogP contribution in [0.4, 0.5) is 0 Å². The summed E-state index contributed by atoms with van der Waals surface area (Å²) in [5.74, 6) is 0.302. The lowest BCUT2D eigenvalue weighted by Crippen LogP contribution is -2.46. The summed E-state index contributed by atoms with van der Waals surface area (Å²) in [6.45, 7) is 8.79. The monoisotopic (exact) mass is 280 g/mol. The Hall–Kier alpha value is -0.610. The molecule has 114 valence electrons. The highest BCUT2D eigenvalue weighted by atomic mass is 16.5. The predicted octanol–water partition coefficient (Wildman–Crippen LogP) is 1.79. The number of fused-ring (bicyclic) bond motifs is 2. The van der Waals surface area contributed by atoms with E-state index in [0.29, 0.717) is 22.8 Å². The smallest absolute Gasteiger partial charge is 0.240 e. The minimum absolute atomic E-state index is 0.0361. The van der Waals surface area contributed by atoms with Gasteiger partial charge in [-0.05, 0) is 36.5 Å². The molecule has 0 radical (unpaired) electrons. The molecule has 20 heavy (non-hydrogen) atoms. The molecule has 4 nitrogen and oxygen atoms in total. The van der Waals surface area contributed by atoms with Crippen molar-refractivity contribution in [2.24, 2.45) is 10.8 Å². The average molecular weight is 280 g/mol. The Morgan fingerprint density at radius 1 is 1.30 bits per heavy atom. The van der Waals surface area contributed by atoms with E-state index in [1.165, 1.54) is 12.8 Å². The number of carbonyl (C=O) groups is 1. The van der Waals surface area contributed by atoms with Gasteiger partial charge in [-0.3, -0.25) is 4.79 Å². The fourth-order valence-corrected chi connectivity index (χ4v) is 4.99. The molecule has 4 heteroatoms. The summed E-state index contributed by atoms with van der Waals surface area (Å²) in [5, 5.41) is 3.33. The Balaban J connectivity index is 1.71. The van der Waals surface area contributed by atoms with Gasteiger partial charge in [0.15, 0.2) is 0 Å². The highest BCUT2D eigenvalue weighted by molar-refractivity contribution is 5.83. The first-order valence-electron chi connectivity index (χ1n) is 7.89. The van der Waals surface area contributed by atoms with E-state index < -0.39 is 0 Å². The fourth-order valence-electron chi connectivity index (χ4n) is 4.99. The largest absolute Gasteiger partial charge is 0.380 e. The standard InChI is InChI=1S/C16H28N2O2/c1-15(2)6-11-7-16(3,9-15)10-18(11)14(19)13-5-12(20-4)8-17-13/h11-13,17H,5-10H2,1-4H3. The highest BCUT2D eigenvalue weighted by Crippen LogP contribution is 2.52. The van der Waals surface area contributed by atoms with Crippen molar-refractivity contribution in [2.45, 2.75) is 64.6 Å². The lowest BCUT2D eigenvalue weighted by molar-refractivity contribution is -0.134. The molecule has 0 spiro atoms. The third-order valence-corrected chi connectivity index (χ3v) is 5.42. The zero-order valence-corrected chi connectivity index (χ0v) is 13.2. The van der Waals surface area contributed by atoms with Crippen molar-refractivity contribution in [3.8, 4) is 0 Å². The molecule has 2 aliphatic heterocycles. The quantitative estimate of drug-likeness (QED) is 0.838. The van der Waals surface area contributed by atoms with E-state index in [9.17, 15) is 4.79 Å². The number of carbonyl (C=O) groups excluding carboxylic acids is 1. The maximum atomic E-state index is 12.8. The second-order valence-electron chi connectivity index (χ2n) is 8.23. The molecule has 1 aliphatic carbocycles. The van der Waals surface area contributed by atoms with Crippen LogP contribution < -0.4 is 5.32 Å². The van der Waals surface area contributed by atoms with Crippen LogP contribution in [0.15, 0.2) is 0 Å². The van der Waals surface area contributed by atoms with Crippen LogP contribution >= 0.6 is 0 Å². The number of hydrogen-bond acceptors (Lipinski definition) is 3. The molecular weight excluding hydrogens is 252 g/mol. The van der Waals surface area contributed by atoms with E-state index in [1.54, 1.807) is 7.11 Å². The van der Waals surface area contributed by atoms with Crippen molar-refractivity contribution in [3.05, 3.63) is 0 Å². The van der Waals surface area contributed by atoms with Crippen LogP contribution in [0, 0.1) is 10.8 Å². The molecule has 3 fully saturated rings. The first-order chi connectivity index (χ1) is 9.32. The van der Waals surface area contributed by atoms with Crippen molar-refractivity contribution < 1.29 is 9.53 Å². The van der Waals surface area contributed by atoms with Gasteiger partial charge >= 0.3 is 0 Å². The molecular formula is C16H28N2O2. The molecule has 2 saturated heterocycles. The minimum Gasteiger partial charge on any atom is -0.380 e. The molecule has 2 bridgehead atoms. The summed E-state index contributed by atoms with van der Waals surface area (Å²) in [5.41, 5.74) is 0.687. The second-order valence-corrected chi connectivity index (χ2v) is 8.23. The molecule has 1 saturated carbocycles. The number of hydrogen-bond donors (Lipinski definition) is 1. The lowest BCUT2D eigenvalue weighted by Gasteiger charge is -2.39. The first kappa shape index (κ1) is 14.3. The summed E-state index contributed by atoms with van der Waals surface area (Å²) >= 11 is 0. The van der Waals surface area contributed by atoms with Crippen molar-refractivity contribution in [1.29, 1.82) is 0 Å². The number of likely N-dealkylation sites (tertiary alicyclic amines) is 1. The van der Waals surface area contributed by atoms with Crippen molar-refractivity contribution >= 4 is 5.91 Å². The number of methoxy groups -OCH3 is 1. The summed E-state index contributed by atoms with van der Waals surface area (Å²) < 4.78 is 5.36. The topological polar surface area (TPSA) is 41.6 Å². The van der Waals surface area contributed by atoms with Gasteiger partial charge in [0.25, 0.3) is 0 Å². The van der Waals surface area contributed by atoms with Crippen LogP contribution in [-0.2, 0) is 9.53 Å². The van der Waals surface area contributed by atoms with E-state index in [1.807, 2.05) is 0 Å². The molecule has 4 unspecified atom stereocenters. The molecule has 3 aliphatic rings. The number of ether oxygens (including phenoxy) is 1. The Morgan fingerprint density at radius 3 is 2.70 bits per heavy atom. The van der Waals surface area contributed by atoms with Crippen LogP contribution in [0.25, 0.3) is 0 Å². The molecule has 1 N–H and O–H groups in total. The molecule has 0 aromatic rings. The lowest BCUT2D eigenvalue weighted by atomic mass is 9.65. The van der Waals surface area contributed by atoms with Gasteiger partial charge in [0, 0.05) is 26.2 Å². The summed E-state index contributed by atoms with van der Waals surface area (Å²) in [6.07, 6.45) is 4.58. The first-order valence-corrected chi connectivity index (χ1v) is 7.89. The molecule has 0 aromatic heterocycles. The maximum absolute atomic E-state index is 12.8.